The second kappa shape index (κ2) is 9.97. The van der Waals surface area contributed by atoms with Gasteiger partial charge in [-0.1, -0.05) is 0 Å². The number of nitrogens with one attached hydrogen (secondary N) is 3. The summed E-state index contributed by atoms with van der Waals surface area (Å²) in [6, 6.07) is 4.77. The molecule has 1 saturated heterocycles. The van der Waals surface area contributed by atoms with Crippen LogP contribution in [-0.2, 0) is 6.54 Å². The molecule has 10 heteroatoms. The molecule has 1 fully saturated rings. The summed E-state index contributed by atoms with van der Waals surface area (Å²) in [6.45, 7) is 5.85. The third kappa shape index (κ3) is 5.41. The lowest BCUT2D eigenvalue weighted by atomic mass is 10.2. The molecule has 3 rings (SSSR count). The number of nitrogens with zero attached hydrogens (tertiary/aromatic N) is 4. The zero-order chi connectivity index (χ0) is 21.5. The molecule has 0 unspecified atom stereocenters. The number of rotatable bonds is 6. The Hall–Kier alpha value is -3.27. The van der Waals surface area contributed by atoms with Gasteiger partial charge in [-0.3, -0.25) is 14.7 Å². The van der Waals surface area contributed by atoms with Gasteiger partial charge in [0.1, 0.15) is 5.69 Å². The van der Waals surface area contributed by atoms with Crippen molar-refractivity contribution in [3.8, 4) is 0 Å². The minimum Gasteiger partial charge on any atom is -0.365 e. The van der Waals surface area contributed by atoms with E-state index in [0.717, 1.165) is 18.7 Å². The monoisotopic (exact) mass is 415 g/mol. The van der Waals surface area contributed by atoms with Gasteiger partial charge in [0.25, 0.3) is 5.91 Å². The van der Waals surface area contributed by atoms with Crippen LogP contribution in [0.3, 0.4) is 0 Å². The molecule has 1 aliphatic heterocycles. The van der Waals surface area contributed by atoms with E-state index in [2.05, 4.69) is 30.8 Å². The van der Waals surface area contributed by atoms with E-state index >= 15 is 0 Å². The Morgan fingerprint density at radius 2 is 1.93 bits per heavy atom. The summed E-state index contributed by atoms with van der Waals surface area (Å²) in [6.07, 6.45) is 3.38. The molecule has 0 aromatic carbocycles. The van der Waals surface area contributed by atoms with Crippen molar-refractivity contribution in [2.75, 3.05) is 50.0 Å². The number of hydrogen-bond donors (Lipinski definition) is 3. The molecular weight excluding hydrogens is 389 g/mol. The molecule has 1 aliphatic rings. The lowest BCUT2D eigenvalue weighted by molar-refractivity contribution is 0.0957. The van der Waals surface area contributed by atoms with Crippen LogP contribution >= 0.6 is 0 Å². The number of anilines is 2. The topological polar surface area (TPSA) is 102 Å². The number of piperazine rings is 1. The van der Waals surface area contributed by atoms with E-state index in [0.29, 0.717) is 37.6 Å². The van der Waals surface area contributed by atoms with Gasteiger partial charge in [0.15, 0.2) is 0 Å². The first-order valence-electron chi connectivity index (χ1n) is 9.85. The molecule has 0 atom stereocenters. The van der Waals surface area contributed by atoms with Crippen LogP contribution in [0.2, 0.25) is 0 Å². The van der Waals surface area contributed by atoms with Crippen LogP contribution < -0.4 is 20.9 Å². The smallest absolute Gasteiger partial charge is 0.319 e. The van der Waals surface area contributed by atoms with Gasteiger partial charge in [0, 0.05) is 52.5 Å². The first kappa shape index (κ1) is 21.4. The molecule has 160 valence electrons. The summed E-state index contributed by atoms with van der Waals surface area (Å²) in [4.78, 5) is 35.4. The van der Waals surface area contributed by atoms with Crippen LogP contribution in [0, 0.1) is 5.95 Å². The largest absolute Gasteiger partial charge is 0.365 e. The zero-order valence-corrected chi connectivity index (χ0v) is 17.1. The molecule has 0 spiro atoms. The third-order valence-corrected chi connectivity index (χ3v) is 4.80. The fraction of sp³-hybridized carbons (Fsp3) is 0.400. The maximum Gasteiger partial charge on any atom is 0.319 e. The average molecular weight is 415 g/mol. The Kier molecular flexibility index (Phi) is 7.12. The Labute approximate surface area is 174 Å². The molecule has 30 heavy (non-hydrogen) atoms. The second-order valence-corrected chi connectivity index (χ2v) is 6.92. The lowest BCUT2D eigenvalue weighted by Crippen LogP contribution is -2.46. The Bertz CT molecular complexity index is 900. The van der Waals surface area contributed by atoms with E-state index in [1.807, 2.05) is 17.9 Å². The minimum atomic E-state index is -0.641. The zero-order valence-electron chi connectivity index (χ0n) is 17.1. The summed E-state index contributed by atoms with van der Waals surface area (Å²) >= 11 is 0. The second-order valence-electron chi connectivity index (χ2n) is 6.92. The molecule has 2 aromatic rings. The highest BCUT2D eigenvalue weighted by molar-refractivity contribution is 5.92. The average Bonchev–Trinajstić information content (AvgIpc) is 2.74. The quantitative estimate of drug-likeness (QED) is 0.617. The number of halogens is 1. The van der Waals surface area contributed by atoms with Gasteiger partial charge in [-0.05, 0) is 30.7 Å². The van der Waals surface area contributed by atoms with E-state index in [-0.39, 0.29) is 11.7 Å². The molecule has 3 heterocycles. The van der Waals surface area contributed by atoms with Crippen molar-refractivity contribution in [1.82, 2.24) is 25.5 Å². The summed E-state index contributed by atoms with van der Waals surface area (Å²) < 4.78 is 14.4. The van der Waals surface area contributed by atoms with Crippen molar-refractivity contribution in [2.45, 2.75) is 13.5 Å². The van der Waals surface area contributed by atoms with Crippen LogP contribution in [0.15, 0.2) is 30.6 Å². The van der Waals surface area contributed by atoms with Gasteiger partial charge in [0.2, 0.25) is 5.95 Å². The number of urea groups is 1. The molecule has 9 nitrogen and oxygen atoms in total. The third-order valence-electron chi connectivity index (χ3n) is 4.80. The Balaban J connectivity index is 1.56. The standard InChI is InChI=1S/C20H26FN7O2/c1-3-24-20(30)25-15-10-14(11-23-12-15)13-27-6-8-28(9-7-27)17-5-4-16(19(29)22-2)26-18(17)21/h4-5,10-12H,3,6-9,13H2,1-2H3,(H,22,29)(H2,24,25,30). The van der Waals surface area contributed by atoms with E-state index in [1.165, 1.54) is 13.1 Å². The van der Waals surface area contributed by atoms with Gasteiger partial charge in [-0.2, -0.15) is 4.39 Å². The van der Waals surface area contributed by atoms with Crippen LogP contribution in [-0.4, -0.2) is 66.6 Å². The van der Waals surface area contributed by atoms with Crippen LogP contribution in [0.4, 0.5) is 20.6 Å². The molecule has 2 aromatic heterocycles. The van der Waals surface area contributed by atoms with E-state index in [4.69, 9.17) is 0 Å². The van der Waals surface area contributed by atoms with Crippen molar-refractivity contribution >= 4 is 23.3 Å². The van der Waals surface area contributed by atoms with E-state index in [1.54, 1.807) is 18.5 Å². The maximum absolute atomic E-state index is 14.4. The van der Waals surface area contributed by atoms with Gasteiger partial charge < -0.3 is 20.9 Å². The molecule has 0 radical (unpaired) electrons. The molecular formula is C20H26FN7O2. The Morgan fingerprint density at radius 3 is 2.60 bits per heavy atom. The summed E-state index contributed by atoms with van der Waals surface area (Å²) in [5.41, 5.74) is 2.09. The highest BCUT2D eigenvalue weighted by atomic mass is 19.1. The number of pyridine rings is 2. The molecule has 0 bridgehead atoms. The highest BCUT2D eigenvalue weighted by Gasteiger charge is 2.21. The van der Waals surface area contributed by atoms with Crippen molar-refractivity contribution in [3.63, 3.8) is 0 Å². The summed E-state index contributed by atoms with van der Waals surface area (Å²) in [5, 5.41) is 7.87. The van der Waals surface area contributed by atoms with Crippen LogP contribution in [0.25, 0.3) is 0 Å². The number of carbonyl (C=O) groups excluding carboxylic acids is 2. The Morgan fingerprint density at radius 1 is 1.17 bits per heavy atom. The first-order chi connectivity index (χ1) is 14.5. The number of carbonyl (C=O) groups is 2. The fourth-order valence-electron chi connectivity index (χ4n) is 3.30. The highest BCUT2D eigenvalue weighted by Crippen LogP contribution is 2.21. The SMILES string of the molecule is CCNC(=O)Nc1cncc(CN2CCN(c3ccc(C(=O)NC)nc3F)CC2)c1. The fourth-order valence-corrected chi connectivity index (χ4v) is 3.30. The predicted molar refractivity (Wildman–Crippen MR) is 112 cm³/mol. The van der Waals surface area contributed by atoms with Gasteiger partial charge in [0.05, 0.1) is 17.6 Å². The van der Waals surface area contributed by atoms with Crippen LogP contribution in [0.1, 0.15) is 23.0 Å². The number of aromatic nitrogens is 2. The lowest BCUT2D eigenvalue weighted by Gasteiger charge is -2.36. The molecule has 3 N–H and O–H groups in total. The minimum absolute atomic E-state index is 0.0611. The van der Waals surface area contributed by atoms with Gasteiger partial charge in [-0.15, -0.1) is 0 Å². The van der Waals surface area contributed by atoms with E-state index in [9.17, 15) is 14.0 Å². The summed E-state index contributed by atoms with van der Waals surface area (Å²) in [5.74, 6) is -1.05. The van der Waals surface area contributed by atoms with Crippen molar-refractivity contribution in [2.24, 2.45) is 0 Å². The maximum atomic E-state index is 14.4. The first-order valence-corrected chi connectivity index (χ1v) is 9.85. The van der Waals surface area contributed by atoms with Crippen molar-refractivity contribution in [3.05, 3.63) is 47.8 Å². The van der Waals surface area contributed by atoms with Crippen molar-refractivity contribution in [1.29, 1.82) is 0 Å². The van der Waals surface area contributed by atoms with E-state index < -0.39 is 11.9 Å². The molecule has 3 amide bonds. The molecule has 0 aliphatic carbocycles. The van der Waals surface area contributed by atoms with Crippen molar-refractivity contribution < 1.29 is 14.0 Å². The summed E-state index contributed by atoms with van der Waals surface area (Å²) in [7, 11) is 1.48. The van der Waals surface area contributed by atoms with Crippen LogP contribution in [0.5, 0.6) is 0 Å². The predicted octanol–water partition coefficient (Wildman–Crippen LogP) is 1.44. The van der Waals surface area contributed by atoms with Gasteiger partial charge in [-0.25, -0.2) is 9.78 Å². The normalized spacial score (nSPS) is 14.3. The number of amides is 3. The molecule has 0 saturated carbocycles. The van der Waals surface area contributed by atoms with Gasteiger partial charge >= 0.3 is 6.03 Å². The number of hydrogen-bond acceptors (Lipinski definition) is 6.